The van der Waals surface area contributed by atoms with Crippen LogP contribution >= 0.6 is 23.2 Å². The first-order valence-electron chi connectivity index (χ1n) is 6.42. The number of hydrogen-bond acceptors (Lipinski definition) is 4. The lowest BCUT2D eigenvalue weighted by molar-refractivity contribution is -0.119. The van der Waals surface area contributed by atoms with E-state index in [1.54, 1.807) is 18.2 Å². The third kappa shape index (κ3) is 4.71. The van der Waals surface area contributed by atoms with Crippen molar-refractivity contribution in [3.63, 3.8) is 0 Å². The topological polar surface area (TPSA) is 79.2 Å². The Morgan fingerprint density at radius 3 is 2.65 bits per heavy atom. The summed E-state index contributed by atoms with van der Waals surface area (Å²) in [6.07, 6.45) is 0. The largest absolute Gasteiger partial charge is 0.452 e. The van der Waals surface area contributed by atoms with Gasteiger partial charge in [0.15, 0.2) is 6.61 Å². The lowest BCUT2D eigenvalue weighted by atomic mass is 10.2. The van der Waals surface area contributed by atoms with Gasteiger partial charge in [0.2, 0.25) is 0 Å². The van der Waals surface area contributed by atoms with Crippen LogP contribution in [-0.4, -0.2) is 18.5 Å². The Hall–Kier alpha value is -2.55. The van der Waals surface area contributed by atoms with Gasteiger partial charge in [-0.15, -0.1) is 0 Å². The Bertz CT molecular complexity index is 800. The molecule has 0 aliphatic rings. The van der Waals surface area contributed by atoms with Gasteiger partial charge in [-0.25, -0.2) is 4.79 Å². The second kappa shape index (κ2) is 7.63. The third-order valence-corrected chi connectivity index (χ3v) is 3.31. The van der Waals surface area contributed by atoms with Crippen molar-refractivity contribution in [2.75, 3.05) is 11.9 Å². The first-order valence-corrected chi connectivity index (χ1v) is 7.17. The Balaban J connectivity index is 1.93. The minimum atomic E-state index is -0.729. The maximum atomic E-state index is 11.9. The van der Waals surface area contributed by atoms with Gasteiger partial charge in [-0.1, -0.05) is 29.3 Å². The van der Waals surface area contributed by atoms with Gasteiger partial charge >= 0.3 is 5.97 Å². The van der Waals surface area contributed by atoms with Crippen molar-refractivity contribution < 1.29 is 14.3 Å². The van der Waals surface area contributed by atoms with Crippen molar-refractivity contribution in [2.45, 2.75) is 0 Å². The van der Waals surface area contributed by atoms with Crippen LogP contribution in [0.4, 0.5) is 5.69 Å². The molecule has 116 valence electrons. The SMILES string of the molecule is N#Cc1cccc(NC(=O)COC(=O)c2ccc(Cl)cc2Cl)c1. The van der Waals surface area contributed by atoms with Crippen LogP contribution in [0.2, 0.25) is 10.0 Å². The van der Waals surface area contributed by atoms with Crippen molar-refractivity contribution >= 4 is 40.8 Å². The molecule has 5 nitrogen and oxygen atoms in total. The number of nitrogens with zero attached hydrogens (tertiary/aromatic N) is 1. The number of carbonyl (C=O) groups is 2. The molecule has 1 N–H and O–H groups in total. The molecule has 0 saturated carbocycles. The summed E-state index contributed by atoms with van der Waals surface area (Å²) < 4.78 is 4.90. The van der Waals surface area contributed by atoms with Crippen molar-refractivity contribution in [3.05, 3.63) is 63.6 Å². The highest BCUT2D eigenvalue weighted by atomic mass is 35.5. The molecule has 2 aromatic rings. The Kier molecular flexibility index (Phi) is 5.58. The smallest absolute Gasteiger partial charge is 0.340 e. The predicted molar refractivity (Wildman–Crippen MR) is 86.5 cm³/mol. The molecule has 7 heteroatoms. The zero-order valence-corrected chi connectivity index (χ0v) is 13.2. The molecule has 0 fully saturated rings. The molecule has 0 saturated heterocycles. The standard InChI is InChI=1S/C16H10Cl2N2O3/c17-11-4-5-13(14(18)7-11)16(22)23-9-15(21)20-12-3-1-2-10(6-12)8-19/h1-7H,9H2,(H,20,21). The maximum Gasteiger partial charge on any atom is 0.340 e. The van der Waals surface area contributed by atoms with Gasteiger partial charge in [0.1, 0.15) is 0 Å². The number of hydrogen-bond donors (Lipinski definition) is 1. The van der Waals surface area contributed by atoms with Gasteiger partial charge in [-0.05, 0) is 36.4 Å². The molecule has 0 aliphatic carbocycles. The maximum absolute atomic E-state index is 11.9. The average Bonchev–Trinajstić information content (AvgIpc) is 2.53. The molecule has 0 aromatic heterocycles. The van der Waals surface area contributed by atoms with E-state index >= 15 is 0 Å². The average molecular weight is 349 g/mol. The molecule has 0 unspecified atom stereocenters. The molecule has 1 amide bonds. The van der Waals surface area contributed by atoms with Crippen LogP contribution in [0.15, 0.2) is 42.5 Å². The fourth-order valence-electron chi connectivity index (χ4n) is 1.73. The number of amides is 1. The molecule has 0 aliphatic heterocycles. The Morgan fingerprint density at radius 2 is 1.96 bits per heavy atom. The molecule has 0 heterocycles. The zero-order valence-electron chi connectivity index (χ0n) is 11.7. The number of benzene rings is 2. The lowest BCUT2D eigenvalue weighted by Gasteiger charge is -2.08. The van der Waals surface area contributed by atoms with Crippen molar-refractivity contribution in [1.82, 2.24) is 0 Å². The molecule has 0 radical (unpaired) electrons. The van der Waals surface area contributed by atoms with Crippen LogP contribution in [0.3, 0.4) is 0 Å². The highest BCUT2D eigenvalue weighted by Crippen LogP contribution is 2.21. The second-order valence-electron chi connectivity index (χ2n) is 4.44. The number of esters is 1. The molecule has 0 atom stereocenters. The molecular formula is C16H10Cl2N2O3. The van der Waals surface area contributed by atoms with E-state index in [2.05, 4.69) is 5.32 Å². The van der Waals surface area contributed by atoms with Gasteiger partial charge in [-0.3, -0.25) is 4.79 Å². The number of carbonyl (C=O) groups excluding carboxylic acids is 2. The van der Waals surface area contributed by atoms with E-state index in [0.717, 1.165) is 0 Å². The minimum Gasteiger partial charge on any atom is -0.452 e. The summed E-state index contributed by atoms with van der Waals surface area (Å²) >= 11 is 11.6. The summed E-state index contributed by atoms with van der Waals surface area (Å²) in [5.74, 6) is -1.26. The van der Waals surface area contributed by atoms with Crippen LogP contribution in [0.1, 0.15) is 15.9 Å². The molecule has 0 spiro atoms. The van der Waals surface area contributed by atoms with Crippen LogP contribution in [0.25, 0.3) is 0 Å². The summed E-state index contributed by atoms with van der Waals surface area (Å²) in [4.78, 5) is 23.6. The molecule has 2 rings (SSSR count). The normalized spacial score (nSPS) is 9.78. The highest BCUT2D eigenvalue weighted by Gasteiger charge is 2.14. The fraction of sp³-hybridized carbons (Fsp3) is 0.0625. The van der Waals surface area contributed by atoms with Crippen LogP contribution in [-0.2, 0) is 9.53 Å². The van der Waals surface area contributed by atoms with Gasteiger partial charge in [0.25, 0.3) is 5.91 Å². The van der Waals surface area contributed by atoms with E-state index < -0.39 is 18.5 Å². The van der Waals surface area contributed by atoms with E-state index in [9.17, 15) is 9.59 Å². The molecular weight excluding hydrogens is 339 g/mol. The minimum absolute atomic E-state index is 0.121. The zero-order chi connectivity index (χ0) is 16.8. The van der Waals surface area contributed by atoms with Crippen molar-refractivity contribution in [2.24, 2.45) is 0 Å². The number of anilines is 1. The first-order chi connectivity index (χ1) is 11.0. The number of halogens is 2. The monoisotopic (exact) mass is 348 g/mol. The van der Waals surface area contributed by atoms with Gasteiger partial charge in [0, 0.05) is 10.7 Å². The summed E-state index contributed by atoms with van der Waals surface area (Å²) in [5, 5.41) is 11.8. The van der Waals surface area contributed by atoms with Gasteiger partial charge < -0.3 is 10.1 Å². The van der Waals surface area contributed by atoms with E-state index in [4.69, 9.17) is 33.2 Å². The fourth-order valence-corrected chi connectivity index (χ4v) is 2.21. The number of nitriles is 1. The van der Waals surface area contributed by atoms with Crippen LogP contribution in [0, 0.1) is 11.3 Å². The van der Waals surface area contributed by atoms with Crippen LogP contribution in [0.5, 0.6) is 0 Å². The van der Waals surface area contributed by atoms with E-state index in [0.29, 0.717) is 16.3 Å². The molecule has 0 bridgehead atoms. The molecule has 2 aromatic carbocycles. The summed E-state index contributed by atoms with van der Waals surface area (Å²) in [6.45, 7) is -0.478. The predicted octanol–water partition coefficient (Wildman–Crippen LogP) is 3.66. The molecule has 23 heavy (non-hydrogen) atoms. The number of ether oxygens (including phenoxy) is 1. The first kappa shape index (κ1) is 16.8. The summed E-state index contributed by atoms with van der Waals surface area (Å²) in [7, 11) is 0. The second-order valence-corrected chi connectivity index (χ2v) is 5.28. The third-order valence-electron chi connectivity index (χ3n) is 2.76. The summed E-state index contributed by atoms with van der Waals surface area (Å²) in [6, 6.07) is 12.7. The van der Waals surface area contributed by atoms with Gasteiger partial charge in [0.05, 0.1) is 22.2 Å². The number of rotatable bonds is 4. The highest BCUT2D eigenvalue weighted by molar-refractivity contribution is 6.36. The van der Waals surface area contributed by atoms with Crippen molar-refractivity contribution in [1.29, 1.82) is 5.26 Å². The quantitative estimate of drug-likeness (QED) is 0.855. The van der Waals surface area contributed by atoms with E-state index in [-0.39, 0.29) is 10.6 Å². The van der Waals surface area contributed by atoms with E-state index in [1.807, 2.05) is 6.07 Å². The summed E-state index contributed by atoms with van der Waals surface area (Å²) in [5.41, 5.74) is 0.970. The number of nitrogens with one attached hydrogen (secondary N) is 1. The van der Waals surface area contributed by atoms with Gasteiger partial charge in [-0.2, -0.15) is 5.26 Å². The Labute approximate surface area is 142 Å². The van der Waals surface area contributed by atoms with Crippen molar-refractivity contribution in [3.8, 4) is 6.07 Å². The Morgan fingerprint density at radius 1 is 1.17 bits per heavy atom. The van der Waals surface area contributed by atoms with Crippen LogP contribution < -0.4 is 5.32 Å². The lowest BCUT2D eigenvalue weighted by Crippen LogP contribution is -2.21. The van der Waals surface area contributed by atoms with E-state index in [1.165, 1.54) is 24.3 Å².